The molecule has 0 aliphatic carbocycles. The first kappa shape index (κ1) is 20.4. The number of carbonyl (C=O) groups is 2. The minimum Gasteiger partial charge on any atom is -0.338 e. The van der Waals surface area contributed by atoms with Crippen LogP contribution in [0, 0.1) is 5.92 Å². The maximum atomic E-state index is 12.1. The van der Waals surface area contributed by atoms with Crippen molar-refractivity contribution in [1.82, 2.24) is 10.2 Å². The van der Waals surface area contributed by atoms with Gasteiger partial charge in [0.05, 0.1) is 4.88 Å². The number of piperidine rings is 1. The van der Waals surface area contributed by atoms with E-state index in [-0.39, 0.29) is 11.9 Å². The Morgan fingerprint density at radius 1 is 1.11 bits per heavy atom. The van der Waals surface area contributed by atoms with Gasteiger partial charge < -0.3 is 20.9 Å². The Morgan fingerprint density at radius 3 is 2.57 bits per heavy atom. The largest absolute Gasteiger partial charge is 0.338 e. The maximum absolute atomic E-state index is 12.1. The van der Waals surface area contributed by atoms with Gasteiger partial charge in [0.1, 0.15) is 0 Å². The van der Waals surface area contributed by atoms with E-state index >= 15 is 0 Å². The third kappa shape index (κ3) is 6.35. The number of anilines is 2. The van der Waals surface area contributed by atoms with Gasteiger partial charge in [0.25, 0.3) is 5.91 Å². The second-order valence-electron chi connectivity index (χ2n) is 7.27. The van der Waals surface area contributed by atoms with E-state index in [0.29, 0.717) is 22.8 Å². The topological polar surface area (TPSA) is 73.5 Å². The number of nitrogens with one attached hydrogen (secondary N) is 3. The second-order valence-corrected chi connectivity index (χ2v) is 8.22. The Balaban J connectivity index is 1.38. The summed E-state index contributed by atoms with van der Waals surface area (Å²) < 4.78 is 0. The summed E-state index contributed by atoms with van der Waals surface area (Å²) in [7, 11) is 0. The van der Waals surface area contributed by atoms with Crippen molar-refractivity contribution in [3.05, 3.63) is 46.7 Å². The summed E-state index contributed by atoms with van der Waals surface area (Å²) in [6, 6.07) is 10.5. The molecule has 0 unspecified atom stereocenters. The first-order valence-corrected chi connectivity index (χ1v) is 10.7. The lowest BCUT2D eigenvalue weighted by molar-refractivity contribution is 0.103. The second kappa shape index (κ2) is 10.2. The van der Waals surface area contributed by atoms with E-state index in [9.17, 15) is 9.59 Å². The normalized spacial score (nSPS) is 15.2. The molecule has 1 fully saturated rings. The Morgan fingerprint density at radius 2 is 1.86 bits per heavy atom. The zero-order chi connectivity index (χ0) is 19.8. The molecule has 2 aromatic rings. The molecule has 0 spiro atoms. The fourth-order valence-corrected chi connectivity index (χ4v) is 3.86. The molecule has 1 aromatic heterocycles. The molecule has 1 aromatic carbocycles. The predicted octanol–water partition coefficient (Wildman–Crippen LogP) is 4.24. The molecule has 6 nitrogen and oxygen atoms in total. The average Bonchev–Trinajstić information content (AvgIpc) is 3.22. The Labute approximate surface area is 170 Å². The Hall–Kier alpha value is -2.38. The molecule has 3 N–H and O–H groups in total. The zero-order valence-corrected chi connectivity index (χ0v) is 17.1. The highest BCUT2D eigenvalue weighted by molar-refractivity contribution is 7.12. The van der Waals surface area contributed by atoms with Crippen LogP contribution in [-0.2, 0) is 0 Å². The number of carbonyl (C=O) groups excluding carboxylic acids is 2. The van der Waals surface area contributed by atoms with Crippen molar-refractivity contribution >= 4 is 34.6 Å². The minimum atomic E-state index is -0.228. The average molecular weight is 401 g/mol. The number of thiophene rings is 1. The highest BCUT2D eigenvalue weighted by Gasteiger charge is 2.15. The van der Waals surface area contributed by atoms with Gasteiger partial charge in [0.2, 0.25) is 0 Å². The van der Waals surface area contributed by atoms with Crippen LogP contribution in [0.3, 0.4) is 0 Å². The van der Waals surface area contributed by atoms with Gasteiger partial charge in [-0.1, -0.05) is 19.1 Å². The minimum absolute atomic E-state index is 0.149. The van der Waals surface area contributed by atoms with E-state index in [2.05, 4.69) is 27.8 Å². The summed E-state index contributed by atoms with van der Waals surface area (Å²) in [5.74, 6) is 0.690. The predicted molar refractivity (Wildman–Crippen MR) is 115 cm³/mol. The highest BCUT2D eigenvalue weighted by atomic mass is 32.1. The van der Waals surface area contributed by atoms with E-state index in [1.54, 1.807) is 30.3 Å². The van der Waals surface area contributed by atoms with Crippen molar-refractivity contribution in [2.45, 2.75) is 26.2 Å². The number of hydrogen-bond acceptors (Lipinski definition) is 4. The summed E-state index contributed by atoms with van der Waals surface area (Å²) in [6.07, 6.45) is 3.49. The summed E-state index contributed by atoms with van der Waals surface area (Å²) >= 11 is 1.39. The number of likely N-dealkylation sites (tertiary alicyclic amines) is 1. The first-order chi connectivity index (χ1) is 13.6. The molecule has 3 amide bonds. The highest BCUT2D eigenvalue weighted by Crippen LogP contribution is 2.18. The van der Waals surface area contributed by atoms with E-state index in [4.69, 9.17) is 0 Å². The van der Waals surface area contributed by atoms with Crippen molar-refractivity contribution in [3.8, 4) is 0 Å². The van der Waals surface area contributed by atoms with E-state index in [1.807, 2.05) is 11.4 Å². The number of nitrogens with zero attached hydrogens (tertiary/aromatic N) is 1. The maximum Gasteiger partial charge on any atom is 0.319 e. The van der Waals surface area contributed by atoms with Crippen LogP contribution < -0.4 is 16.0 Å². The van der Waals surface area contributed by atoms with Crippen molar-refractivity contribution < 1.29 is 9.59 Å². The van der Waals surface area contributed by atoms with Crippen molar-refractivity contribution in [1.29, 1.82) is 0 Å². The fourth-order valence-electron chi connectivity index (χ4n) is 3.24. The van der Waals surface area contributed by atoms with Crippen LogP contribution >= 0.6 is 11.3 Å². The molecule has 7 heteroatoms. The van der Waals surface area contributed by atoms with Crippen LogP contribution in [0.15, 0.2) is 41.8 Å². The Bertz CT molecular complexity index is 770. The SMILES string of the molecule is CC1CCN(CCCNC(=O)Nc2cccc(NC(=O)c3cccs3)c2)CC1. The summed E-state index contributed by atoms with van der Waals surface area (Å²) in [5, 5.41) is 10.4. The quantitative estimate of drug-likeness (QED) is 0.609. The van der Waals surface area contributed by atoms with E-state index < -0.39 is 0 Å². The molecule has 2 heterocycles. The third-order valence-corrected chi connectivity index (χ3v) is 5.80. The molecule has 1 aliphatic rings. The lowest BCUT2D eigenvalue weighted by Gasteiger charge is -2.30. The van der Waals surface area contributed by atoms with Gasteiger partial charge in [0, 0.05) is 17.9 Å². The molecule has 1 aliphatic heterocycles. The molecule has 0 bridgehead atoms. The molecule has 0 atom stereocenters. The van der Waals surface area contributed by atoms with Gasteiger partial charge in [0.15, 0.2) is 0 Å². The van der Waals surface area contributed by atoms with Crippen LogP contribution in [0.4, 0.5) is 16.2 Å². The molecule has 1 saturated heterocycles. The van der Waals surface area contributed by atoms with Gasteiger partial charge in [-0.25, -0.2) is 4.79 Å². The molecule has 150 valence electrons. The molecular formula is C21H28N4O2S. The molecule has 3 rings (SSSR count). The van der Waals surface area contributed by atoms with E-state index in [1.165, 1.54) is 24.2 Å². The lowest BCUT2D eigenvalue weighted by atomic mass is 9.99. The summed E-state index contributed by atoms with van der Waals surface area (Å²) in [5.41, 5.74) is 1.29. The Kier molecular flexibility index (Phi) is 7.45. The molecule has 28 heavy (non-hydrogen) atoms. The van der Waals surface area contributed by atoms with Crippen LogP contribution in [-0.4, -0.2) is 43.0 Å². The van der Waals surface area contributed by atoms with Gasteiger partial charge in [-0.05, 0) is 74.5 Å². The summed E-state index contributed by atoms with van der Waals surface area (Å²) in [6.45, 7) is 6.31. The van der Waals surface area contributed by atoms with Gasteiger partial charge in [-0.15, -0.1) is 11.3 Å². The zero-order valence-electron chi connectivity index (χ0n) is 16.2. The van der Waals surface area contributed by atoms with Crippen molar-refractivity contribution in [2.24, 2.45) is 5.92 Å². The smallest absolute Gasteiger partial charge is 0.319 e. The fraction of sp³-hybridized carbons (Fsp3) is 0.429. The molecular weight excluding hydrogens is 372 g/mol. The molecule has 0 radical (unpaired) electrons. The first-order valence-electron chi connectivity index (χ1n) is 9.82. The number of benzene rings is 1. The van der Waals surface area contributed by atoms with Gasteiger partial charge in [-0.2, -0.15) is 0 Å². The van der Waals surface area contributed by atoms with Crippen LogP contribution in [0.2, 0.25) is 0 Å². The van der Waals surface area contributed by atoms with Crippen LogP contribution in [0.25, 0.3) is 0 Å². The monoisotopic (exact) mass is 400 g/mol. The lowest BCUT2D eigenvalue weighted by Crippen LogP contribution is -2.36. The van der Waals surface area contributed by atoms with Gasteiger partial charge >= 0.3 is 6.03 Å². The van der Waals surface area contributed by atoms with Crippen molar-refractivity contribution in [3.63, 3.8) is 0 Å². The molecule has 0 saturated carbocycles. The summed E-state index contributed by atoms with van der Waals surface area (Å²) in [4.78, 5) is 27.4. The van der Waals surface area contributed by atoms with Gasteiger partial charge in [-0.3, -0.25) is 4.79 Å². The number of rotatable bonds is 7. The van der Waals surface area contributed by atoms with Crippen LogP contribution in [0.1, 0.15) is 35.9 Å². The van der Waals surface area contributed by atoms with Crippen LogP contribution in [0.5, 0.6) is 0 Å². The van der Waals surface area contributed by atoms with E-state index in [0.717, 1.165) is 32.0 Å². The van der Waals surface area contributed by atoms with Crippen molar-refractivity contribution in [2.75, 3.05) is 36.8 Å². The number of amides is 3. The number of hydrogen-bond donors (Lipinski definition) is 3. The standard InChI is InChI=1S/C21H28N4O2S/c1-16-8-12-25(13-9-16)11-4-10-22-21(27)24-18-6-2-5-17(15-18)23-20(26)19-7-3-14-28-19/h2-3,5-7,14-16H,4,8-13H2,1H3,(H,23,26)(H2,22,24,27). The number of urea groups is 1. The third-order valence-electron chi connectivity index (χ3n) is 4.94.